The third-order valence-electron chi connectivity index (χ3n) is 5.47. The van der Waals surface area contributed by atoms with Crippen molar-refractivity contribution in [3.05, 3.63) is 40.7 Å². The molecule has 0 unspecified atom stereocenters. The van der Waals surface area contributed by atoms with Crippen LogP contribution in [-0.4, -0.2) is 60.9 Å². The molecule has 7 nitrogen and oxygen atoms in total. The Morgan fingerprint density at radius 1 is 1.36 bits per heavy atom. The number of methoxy groups -OCH3 is 1. The first-order chi connectivity index (χ1) is 13.3. The SMILES string of the molecule is CN=C1C[C@@H](C(=O)N2CC(OC)C2)CCC1=C(N)c1ccc(C(=O)O)cc1F. The van der Waals surface area contributed by atoms with Gasteiger partial charge in [0.05, 0.1) is 11.7 Å². The standard InChI is InChI=1S/C20H24FN3O4/c1-23-17-8-11(19(25)24-9-13(10-24)28-2)3-6-15(17)18(22)14-5-4-12(20(26)27)7-16(14)21/h4-5,7,11,13H,3,6,8-10,22H2,1-2H3,(H,26,27)/t11-/m0/s1. The van der Waals surface area contributed by atoms with E-state index in [0.29, 0.717) is 43.6 Å². The van der Waals surface area contributed by atoms with Crippen molar-refractivity contribution in [1.29, 1.82) is 0 Å². The van der Waals surface area contributed by atoms with Crippen LogP contribution in [0.5, 0.6) is 0 Å². The summed E-state index contributed by atoms with van der Waals surface area (Å²) >= 11 is 0. The molecule has 1 aromatic carbocycles. The summed E-state index contributed by atoms with van der Waals surface area (Å²) in [7, 11) is 3.26. The molecule has 1 amide bonds. The van der Waals surface area contributed by atoms with Gasteiger partial charge in [-0.25, -0.2) is 9.18 Å². The number of rotatable bonds is 4. The lowest BCUT2D eigenvalue weighted by Crippen LogP contribution is -2.56. The summed E-state index contributed by atoms with van der Waals surface area (Å²) in [6, 6.07) is 3.65. The van der Waals surface area contributed by atoms with E-state index in [0.717, 1.165) is 6.07 Å². The van der Waals surface area contributed by atoms with Crippen molar-refractivity contribution in [3.63, 3.8) is 0 Å². The van der Waals surface area contributed by atoms with Gasteiger partial charge in [0.25, 0.3) is 0 Å². The zero-order valence-corrected chi connectivity index (χ0v) is 15.9. The van der Waals surface area contributed by atoms with E-state index in [1.54, 1.807) is 19.1 Å². The van der Waals surface area contributed by atoms with Gasteiger partial charge in [0.2, 0.25) is 5.91 Å². The first-order valence-corrected chi connectivity index (χ1v) is 9.15. The van der Waals surface area contributed by atoms with E-state index in [9.17, 15) is 14.0 Å². The Labute approximate surface area is 162 Å². The fourth-order valence-corrected chi connectivity index (χ4v) is 3.70. The molecule has 0 spiro atoms. The Hall–Kier alpha value is -2.74. The number of carbonyl (C=O) groups excluding carboxylic acids is 1. The first-order valence-electron chi connectivity index (χ1n) is 9.15. The molecule has 1 saturated heterocycles. The Kier molecular flexibility index (Phi) is 5.79. The van der Waals surface area contributed by atoms with Crippen molar-refractivity contribution in [2.75, 3.05) is 27.2 Å². The zero-order chi connectivity index (χ0) is 20.4. The van der Waals surface area contributed by atoms with Crippen LogP contribution < -0.4 is 5.73 Å². The maximum atomic E-state index is 14.4. The van der Waals surface area contributed by atoms with Gasteiger partial charge in [-0.05, 0) is 36.6 Å². The maximum absolute atomic E-state index is 14.4. The lowest BCUT2D eigenvalue weighted by molar-refractivity contribution is -0.147. The van der Waals surface area contributed by atoms with Crippen LogP contribution in [0.25, 0.3) is 5.70 Å². The quantitative estimate of drug-likeness (QED) is 0.819. The molecular formula is C20H24FN3O4. The average Bonchev–Trinajstić information content (AvgIpc) is 2.65. The number of carboxylic acids is 1. The Balaban J connectivity index is 1.78. The number of halogens is 1. The minimum absolute atomic E-state index is 0.0871. The van der Waals surface area contributed by atoms with Crippen LogP contribution in [0.2, 0.25) is 0 Å². The van der Waals surface area contributed by atoms with Gasteiger partial charge in [-0.1, -0.05) is 0 Å². The van der Waals surface area contributed by atoms with E-state index >= 15 is 0 Å². The molecule has 2 fully saturated rings. The molecule has 1 aliphatic heterocycles. The molecule has 1 aliphatic carbocycles. The molecule has 1 heterocycles. The summed E-state index contributed by atoms with van der Waals surface area (Å²) in [5, 5.41) is 8.98. The third-order valence-corrected chi connectivity index (χ3v) is 5.47. The van der Waals surface area contributed by atoms with Crippen LogP contribution in [-0.2, 0) is 9.53 Å². The lowest BCUT2D eigenvalue weighted by Gasteiger charge is -2.41. The third kappa shape index (κ3) is 3.77. The predicted octanol–water partition coefficient (Wildman–Crippen LogP) is 1.92. The second-order valence-electron chi connectivity index (χ2n) is 7.10. The number of hydrogen-bond donors (Lipinski definition) is 2. The summed E-state index contributed by atoms with van der Waals surface area (Å²) in [5.74, 6) is -1.98. The summed E-state index contributed by atoms with van der Waals surface area (Å²) in [6.45, 7) is 1.22. The van der Waals surface area contributed by atoms with E-state index in [1.807, 2.05) is 0 Å². The zero-order valence-electron chi connectivity index (χ0n) is 15.9. The highest BCUT2D eigenvalue weighted by atomic mass is 19.1. The monoisotopic (exact) mass is 389 g/mol. The summed E-state index contributed by atoms with van der Waals surface area (Å²) in [5.41, 5.74) is 7.87. The molecule has 2 aliphatic rings. The van der Waals surface area contributed by atoms with Gasteiger partial charge < -0.3 is 20.5 Å². The van der Waals surface area contributed by atoms with Gasteiger partial charge in [0.1, 0.15) is 5.82 Å². The molecule has 3 N–H and O–H groups in total. The van der Waals surface area contributed by atoms with Gasteiger partial charge in [0, 0.05) is 56.6 Å². The summed E-state index contributed by atoms with van der Waals surface area (Å²) in [6.07, 6.45) is 1.68. The lowest BCUT2D eigenvalue weighted by atomic mass is 9.81. The minimum Gasteiger partial charge on any atom is -0.478 e. The molecule has 28 heavy (non-hydrogen) atoms. The molecular weight excluding hydrogens is 365 g/mol. The summed E-state index contributed by atoms with van der Waals surface area (Å²) < 4.78 is 19.6. The fourth-order valence-electron chi connectivity index (χ4n) is 3.70. The highest BCUT2D eigenvalue weighted by Gasteiger charge is 2.37. The Morgan fingerprint density at radius 2 is 2.07 bits per heavy atom. The number of carbonyl (C=O) groups is 2. The second-order valence-corrected chi connectivity index (χ2v) is 7.10. The molecule has 0 aromatic heterocycles. The Bertz CT molecular complexity index is 859. The molecule has 1 atom stereocenters. The van der Waals surface area contributed by atoms with Crippen molar-refractivity contribution in [2.24, 2.45) is 16.6 Å². The van der Waals surface area contributed by atoms with Gasteiger partial charge in [0.15, 0.2) is 0 Å². The Morgan fingerprint density at radius 3 is 2.64 bits per heavy atom. The van der Waals surface area contributed by atoms with E-state index in [2.05, 4.69) is 4.99 Å². The number of carboxylic acid groups (broad SMARTS) is 1. The first kappa shape index (κ1) is 20.0. The summed E-state index contributed by atoms with van der Waals surface area (Å²) in [4.78, 5) is 29.7. The minimum atomic E-state index is -1.20. The van der Waals surface area contributed by atoms with Crippen molar-refractivity contribution >= 4 is 23.3 Å². The van der Waals surface area contributed by atoms with E-state index in [1.165, 1.54) is 12.1 Å². The molecule has 1 aromatic rings. The topological polar surface area (TPSA) is 105 Å². The van der Waals surface area contributed by atoms with Crippen LogP contribution in [0.3, 0.4) is 0 Å². The normalized spacial score (nSPS) is 23.5. The van der Waals surface area contributed by atoms with E-state index in [-0.39, 0.29) is 34.8 Å². The smallest absolute Gasteiger partial charge is 0.335 e. The molecule has 3 rings (SSSR count). The average molecular weight is 389 g/mol. The number of aromatic carboxylic acids is 1. The maximum Gasteiger partial charge on any atom is 0.335 e. The molecule has 8 heteroatoms. The van der Waals surface area contributed by atoms with Crippen LogP contribution in [0.1, 0.15) is 35.2 Å². The number of aliphatic imine (C=N–C) groups is 1. The fraction of sp³-hybridized carbons (Fsp3) is 0.450. The number of benzene rings is 1. The molecule has 1 saturated carbocycles. The van der Waals surface area contributed by atoms with Crippen LogP contribution in [0, 0.1) is 11.7 Å². The van der Waals surface area contributed by atoms with Crippen LogP contribution in [0.15, 0.2) is 28.8 Å². The van der Waals surface area contributed by atoms with Gasteiger partial charge in [-0.2, -0.15) is 0 Å². The second kappa shape index (κ2) is 8.10. The highest BCUT2D eigenvalue weighted by molar-refractivity contribution is 6.08. The van der Waals surface area contributed by atoms with E-state index < -0.39 is 11.8 Å². The van der Waals surface area contributed by atoms with Crippen LogP contribution in [0.4, 0.5) is 4.39 Å². The molecule has 0 radical (unpaired) electrons. The van der Waals surface area contributed by atoms with Gasteiger partial charge >= 0.3 is 5.97 Å². The number of ether oxygens (including phenoxy) is 1. The highest BCUT2D eigenvalue weighted by Crippen LogP contribution is 2.33. The van der Waals surface area contributed by atoms with Gasteiger partial charge in [-0.3, -0.25) is 9.79 Å². The number of allylic oxidation sites excluding steroid dienone is 1. The number of likely N-dealkylation sites (tertiary alicyclic amines) is 1. The van der Waals surface area contributed by atoms with Crippen molar-refractivity contribution in [1.82, 2.24) is 4.90 Å². The predicted molar refractivity (Wildman–Crippen MR) is 103 cm³/mol. The van der Waals surface area contributed by atoms with Crippen molar-refractivity contribution in [2.45, 2.75) is 25.4 Å². The van der Waals surface area contributed by atoms with Crippen molar-refractivity contribution < 1.29 is 23.8 Å². The molecule has 0 bridgehead atoms. The number of nitrogens with zero attached hydrogens (tertiary/aromatic N) is 2. The number of amides is 1. The van der Waals surface area contributed by atoms with Gasteiger partial charge in [-0.15, -0.1) is 0 Å². The van der Waals surface area contributed by atoms with E-state index in [4.69, 9.17) is 15.6 Å². The number of nitrogens with two attached hydrogens (primary N) is 1. The van der Waals surface area contributed by atoms with Crippen LogP contribution >= 0.6 is 0 Å². The number of hydrogen-bond acceptors (Lipinski definition) is 5. The molecule has 150 valence electrons. The largest absolute Gasteiger partial charge is 0.478 e. The van der Waals surface area contributed by atoms with Crippen molar-refractivity contribution in [3.8, 4) is 0 Å².